The zero-order valence-corrected chi connectivity index (χ0v) is 13.5. The standard InChI is InChI=1S/C15H23BrN2O/c1-17-10-15(7-4-8-15)14(18-2)12-9-11(16)5-6-13(12)19-3/h5-6,9,14,17-18H,4,7-8,10H2,1-3H3. The van der Waals surface area contributed by atoms with Crippen LogP contribution in [0.25, 0.3) is 0 Å². The minimum atomic E-state index is 0.303. The van der Waals surface area contributed by atoms with Crippen molar-refractivity contribution in [1.82, 2.24) is 10.6 Å². The molecule has 1 fully saturated rings. The third kappa shape index (κ3) is 2.81. The Kier molecular flexibility index (Phi) is 4.87. The van der Waals surface area contributed by atoms with Gasteiger partial charge in [0.25, 0.3) is 0 Å². The SMILES string of the molecule is CNCC1(C(NC)c2cc(Br)ccc2OC)CCC1. The maximum atomic E-state index is 5.54. The van der Waals surface area contributed by atoms with Crippen molar-refractivity contribution in [3.8, 4) is 5.75 Å². The van der Waals surface area contributed by atoms with Gasteiger partial charge in [-0.15, -0.1) is 0 Å². The van der Waals surface area contributed by atoms with Gasteiger partial charge in [-0.05, 0) is 45.1 Å². The number of hydrogen-bond acceptors (Lipinski definition) is 3. The number of rotatable bonds is 6. The summed E-state index contributed by atoms with van der Waals surface area (Å²) in [7, 11) is 5.82. The summed E-state index contributed by atoms with van der Waals surface area (Å²) in [6.45, 7) is 1.04. The molecule has 2 N–H and O–H groups in total. The predicted octanol–water partition coefficient (Wildman–Crippen LogP) is 3.11. The average molecular weight is 327 g/mol. The fraction of sp³-hybridized carbons (Fsp3) is 0.600. The Bertz CT molecular complexity index is 432. The Hall–Kier alpha value is -0.580. The maximum Gasteiger partial charge on any atom is 0.123 e. The van der Waals surface area contributed by atoms with Gasteiger partial charge < -0.3 is 15.4 Å². The lowest BCUT2D eigenvalue weighted by Gasteiger charge is -2.48. The first-order valence-electron chi connectivity index (χ1n) is 6.82. The molecule has 3 nitrogen and oxygen atoms in total. The maximum absolute atomic E-state index is 5.54. The lowest BCUT2D eigenvalue weighted by Crippen LogP contribution is -2.48. The van der Waals surface area contributed by atoms with E-state index in [4.69, 9.17) is 4.74 Å². The fourth-order valence-electron chi connectivity index (χ4n) is 3.27. The van der Waals surface area contributed by atoms with Crippen LogP contribution in [-0.2, 0) is 0 Å². The highest BCUT2D eigenvalue weighted by atomic mass is 79.9. The lowest BCUT2D eigenvalue weighted by molar-refractivity contribution is 0.0775. The van der Waals surface area contributed by atoms with Crippen molar-refractivity contribution in [2.24, 2.45) is 5.41 Å². The van der Waals surface area contributed by atoms with Crippen molar-refractivity contribution >= 4 is 15.9 Å². The highest BCUT2D eigenvalue weighted by Crippen LogP contribution is 2.51. The van der Waals surface area contributed by atoms with Crippen LogP contribution in [0.1, 0.15) is 30.9 Å². The molecule has 1 aromatic carbocycles. The molecule has 0 bridgehead atoms. The molecule has 0 spiro atoms. The van der Waals surface area contributed by atoms with E-state index in [0.29, 0.717) is 11.5 Å². The molecule has 1 unspecified atom stereocenters. The molecule has 0 aromatic heterocycles. The second kappa shape index (κ2) is 6.25. The largest absolute Gasteiger partial charge is 0.496 e. The number of benzene rings is 1. The average Bonchev–Trinajstić information content (AvgIpc) is 2.37. The number of hydrogen-bond donors (Lipinski definition) is 2. The van der Waals surface area contributed by atoms with Crippen LogP contribution in [0, 0.1) is 5.41 Å². The summed E-state index contributed by atoms with van der Waals surface area (Å²) >= 11 is 3.57. The van der Waals surface area contributed by atoms with Gasteiger partial charge in [0.15, 0.2) is 0 Å². The van der Waals surface area contributed by atoms with Gasteiger partial charge in [-0.1, -0.05) is 22.4 Å². The van der Waals surface area contributed by atoms with Crippen molar-refractivity contribution < 1.29 is 4.74 Å². The molecule has 1 aliphatic rings. The summed E-state index contributed by atoms with van der Waals surface area (Å²) in [5.41, 5.74) is 1.55. The van der Waals surface area contributed by atoms with Crippen molar-refractivity contribution in [2.45, 2.75) is 25.3 Å². The molecule has 0 heterocycles. The molecule has 2 rings (SSSR count). The van der Waals surface area contributed by atoms with Gasteiger partial charge in [0.05, 0.1) is 7.11 Å². The molecular weight excluding hydrogens is 304 g/mol. The van der Waals surface area contributed by atoms with E-state index >= 15 is 0 Å². The van der Waals surface area contributed by atoms with Crippen LogP contribution in [0.4, 0.5) is 0 Å². The summed E-state index contributed by atoms with van der Waals surface area (Å²) in [6, 6.07) is 6.56. The van der Waals surface area contributed by atoms with Gasteiger partial charge in [-0.2, -0.15) is 0 Å². The monoisotopic (exact) mass is 326 g/mol. The number of ether oxygens (including phenoxy) is 1. The van der Waals surface area contributed by atoms with E-state index in [2.05, 4.69) is 32.6 Å². The van der Waals surface area contributed by atoms with Crippen LogP contribution in [0.5, 0.6) is 5.75 Å². The summed E-state index contributed by atoms with van der Waals surface area (Å²) in [5, 5.41) is 6.86. The van der Waals surface area contributed by atoms with Crippen LogP contribution < -0.4 is 15.4 Å². The number of nitrogens with one attached hydrogen (secondary N) is 2. The van der Waals surface area contributed by atoms with E-state index < -0.39 is 0 Å². The van der Waals surface area contributed by atoms with Crippen LogP contribution >= 0.6 is 15.9 Å². The molecule has 19 heavy (non-hydrogen) atoms. The minimum absolute atomic E-state index is 0.303. The fourth-order valence-corrected chi connectivity index (χ4v) is 3.65. The summed E-state index contributed by atoms with van der Waals surface area (Å²) in [6.07, 6.45) is 3.83. The third-order valence-corrected chi connectivity index (χ3v) is 4.78. The third-order valence-electron chi connectivity index (χ3n) is 4.28. The Morgan fingerprint density at radius 3 is 2.58 bits per heavy atom. The molecule has 0 amide bonds. The van der Waals surface area contributed by atoms with Gasteiger partial charge >= 0.3 is 0 Å². The first-order valence-corrected chi connectivity index (χ1v) is 7.61. The summed E-state index contributed by atoms with van der Waals surface area (Å²) in [4.78, 5) is 0. The first kappa shape index (κ1) is 14.8. The van der Waals surface area contributed by atoms with Crippen LogP contribution in [0.3, 0.4) is 0 Å². The molecule has 1 saturated carbocycles. The molecule has 1 atom stereocenters. The quantitative estimate of drug-likeness (QED) is 0.842. The lowest BCUT2D eigenvalue weighted by atomic mass is 9.62. The van der Waals surface area contributed by atoms with E-state index in [1.54, 1.807) is 7.11 Å². The highest BCUT2D eigenvalue weighted by Gasteiger charge is 2.44. The Balaban J connectivity index is 2.38. The van der Waals surface area contributed by atoms with Crippen LogP contribution in [0.15, 0.2) is 22.7 Å². The van der Waals surface area contributed by atoms with Gasteiger partial charge in [0, 0.05) is 28.0 Å². The normalized spacial score (nSPS) is 18.7. The predicted molar refractivity (Wildman–Crippen MR) is 82.7 cm³/mol. The van der Waals surface area contributed by atoms with E-state index in [-0.39, 0.29) is 0 Å². The van der Waals surface area contributed by atoms with E-state index in [1.165, 1.54) is 24.8 Å². The first-order chi connectivity index (χ1) is 9.16. The molecule has 1 aromatic rings. The van der Waals surface area contributed by atoms with Crippen LogP contribution in [-0.4, -0.2) is 27.7 Å². The Labute approximate surface area is 124 Å². The molecule has 0 aliphatic heterocycles. The van der Waals surface area contributed by atoms with Crippen molar-refractivity contribution in [2.75, 3.05) is 27.7 Å². The molecule has 0 radical (unpaired) electrons. The van der Waals surface area contributed by atoms with Gasteiger partial charge in [-0.3, -0.25) is 0 Å². The van der Waals surface area contributed by atoms with Gasteiger partial charge in [0.1, 0.15) is 5.75 Å². The van der Waals surface area contributed by atoms with Gasteiger partial charge in [0.2, 0.25) is 0 Å². The van der Waals surface area contributed by atoms with Crippen molar-refractivity contribution in [3.05, 3.63) is 28.2 Å². The minimum Gasteiger partial charge on any atom is -0.496 e. The molecular formula is C15H23BrN2O. The second-order valence-corrected chi connectivity index (χ2v) is 6.27. The van der Waals surface area contributed by atoms with E-state index in [0.717, 1.165) is 16.8 Å². The van der Waals surface area contributed by atoms with E-state index in [1.807, 2.05) is 26.2 Å². The van der Waals surface area contributed by atoms with Crippen molar-refractivity contribution in [1.29, 1.82) is 0 Å². The van der Waals surface area contributed by atoms with Crippen LogP contribution in [0.2, 0.25) is 0 Å². The zero-order chi connectivity index (χ0) is 13.9. The summed E-state index contributed by atoms with van der Waals surface area (Å²) < 4.78 is 6.64. The number of halogens is 1. The summed E-state index contributed by atoms with van der Waals surface area (Å²) in [5.74, 6) is 0.963. The second-order valence-electron chi connectivity index (χ2n) is 5.35. The highest BCUT2D eigenvalue weighted by molar-refractivity contribution is 9.10. The van der Waals surface area contributed by atoms with Crippen molar-refractivity contribution in [3.63, 3.8) is 0 Å². The smallest absolute Gasteiger partial charge is 0.123 e. The topological polar surface area (TPSA) is 33.3 Å². The Morgan fingerprint density at radius 1 is 1.37 bits per heavy atom. The van der Waals surface area contributed by atoms with Gasteiger partial charge in [-0.25, -0.2) is 0 Å². The molecule has 1 aliphatic carbocycles. The van der Waals surface area contributed by atoms with E-state index in [9.17, 15) is 0 Å². The molecule has 4 heteroatoms. The zero-order valence-electron chi connectivity index (χ0n) is 11.9. The number of methoxy groups -OCH3 is 1. The Morgan fingerprint density at radius 2 is 2.11 bits per heavy atom. The molecule has 106 valence electrons. The molecule has 0 saturated heterocycles.